The molecular formula is C16H19N3O3. The van der Waals surface area contributed by atoms with Gasteiger partial charge in [-0.1, -0.05) is 30.3 Å². The van der Waals surface area contributed by atoms with Gasteiger partial charge in [0.2, 0.25) is 0 Å². The van der Waals surface area contributed by atoms with Gasteiger partial charge in [-0.25, -0.2) is 4.79 Å². The standard InChI is InChI=1S/C16H19N3O3/c1-11(14(20)10-12-6-4-3-5-7-12)17-15-9-8-13(18-19-15)16(21)22-2/h3-9,11,14,20H,10H2,1-2H3,(H,17,19). The van der Waals surface area contributed by atoms with E-state index >= 15 is 0 Å². The molecule has 1 heterocycles. The predicted molar refractivity (Wildman–Crippen MR) is 82.6 cm³/mol. The summed E-state index contributed by atoms with van der Waals surface area (Å²) in [4.78, 5) is 11.3. The summed E-state index contributed by atoms with van der Waals surface area (Å²) in [6, 6.07) is 12.7. The quantitative estimate of drug-likeness (QED) is 0.790. The largest absolute Gasteiger partial charge is 0.464 e. The van der Waals surface area contributed by atoms with Crippen molar-refractivity contribution in [2.45, 2.75) is 25.5 Å². The Hall–Kier alpha value is -2.47. The van der Waals surface area contributed by atoms with E-state index in [-0.39, 0.29) is 11.7 Å². The Bertz CT molecular complexity index is 602. The van der Waals surface area contributed by atoms with Crippen LogP contribution in [-0.2, 0) is 11.2 Å². The Kier molecular flexibility index (Phi) is 5.43. The number of nitrogens with one attached hydrogen (secondary N) is 1. The van der Waals surface area contributed by atoms with Crippen molar-refractivity contribution in [1.29, 1.82) is 0 Å². The van der Waals surface area contributed by atoms with Crippen molar-refractivity contribution >= 4 is 11.8 Å². The number of carbonyl (C=O) groups is 1. The van der Waals surface area contributed by atoms with E-state index in [2.05, 4.69) is 20.3 Å². The molecule has 2 aromatic rings. The van der Waals surface area contributed by atoms with E-state index in [0.717, 1.165) is 5.56 Å². The smallest absolute Gasteiger partial charge is 0.358 e. The monoisotopic (exact) mass is 301 g/mol. The molecule has 0 aliphatic heterocycles. The van der Waals surface area contributed by atoms with E-state index in [1.54, 1.807) is 6.07 Å². The van der Waals surface area contributed by atoms with Gasteiger partial charge in [-0.3, -0.25) is 0 Å². The van der Waals surface area contributed by atoms with Gasteiger partial charge in [-0.05, 0) is 24.6 Å². The van der Waals surface area contributed by atoms with Crippen LogP contribution < -0.4 is 5.32 Å². The second kappa shape index (κ2) is 7.51. The van der Waals surface area contributed by atoms with Gasteiger partial charge in [0.25, 0.3) is 0 Å². The summed E-state index contributed by atoms with van der Waals surface area (Å²) in [6.45, 7) is 1.86. The highest BCUT2D eigenvalue weighted by Crippen LogP contribution is 2.10. The number of esters is 1. The molecule has 6 heteroatoms. The number of ether oxygens (including phenoxy) is 1. The summed E-state index contributed by atoms with van der Waals surface area (Å²) in [5.74, 6) is -0.0384. The van der Waals surface area contributed by atoms with Gasteiger partial charge in [-0.2, -0.15) is 0 Å². The molecule has 0 spiro atoms. The first-order valence-electron chi connectivity index (χ1n) is 7.00. The molecule has 6 nitrogen and oxygen atoms in total. The highest BCUT2D eigenvalue weighted by Gasteiger charge is 2.16. The molecule has 2 N–H and O–H groups in total. The van der Waals surface area contributed by atoms with Gasteiger partial charge in [0.05, 0.1) is 19.3 Å². The van der Waals surface area contributed by atoms with Crippen LogP contribution in [0.1, 0.15) is 23.0 Å². The van der Waals surface area contributed by atoms with Crippen molar-refractivity contribution < 1.29 is 14.6 Å². The zero-order chi connectivity index (χ0) is 15.9. The molecule has 22 heavy (non-hydrogen) atoms. The van der Waals surface area contributed by atoms with Crippen LogP contribution in [-0.4, -0.2) is 40.5 Å². The van der Waals surface area contributed by atoms with E-state index in [0.29, 0.717) is 12.2 Å². The maximum absolute atomic E-state index is 11.3. The highest BCUT2D eigenvalue weighted by molar-refractivity contribution is 5.86. The summed E-state index contributed by atoms with van der Waals surface area (Å²) in [6.07, 6.45) is -0.0210. The summed E-state index contributed by atoms with van der Waals surface area (Å²) < 4.78 is 4.56. The molecule has 0 radical (unpaired) electrons. The van der Waals surface area contributed by atoms with Gasteiger partial charge >= 0.3 is 5.97 Å². The summed E-state index contributed by atoms with van der Waals surface area (Å²) >= 11 is 0. The number of anilines is 1. The zero-order valence-electron chi connectivity index (χ0n) is 12.6. The van der Waals surface area contributed by atoms with Crippen LogP contribution in [0.3, 0.4) is 0 Å². The van der Waals surface area contributed by atoms with Crippen molar-refractivity contribution in [3.63, 3.8) is 0 Å². The number of hydrogen-bond donors (Lipinski definition) is 2. The number of carbonyl (C=O) groups excluding carboxylic acids is 1. The van der Waals surface area contributed by atoms with Crippen molar-refractivity contribution in [3.8, 4) is 0 Å². The lowest BCUT2D eigenvalue weighted by Crippen LogP contribution is -2.32. The predicted octanol–water partition coefficient (Wildman–Crippen LogP) is 1.67. The van der Waals surface area contributed by atoms with Crippen molar-refractivity contribution in [2.24, 2.45) is 0 Å². The van der Waals surface area contributed by atoms with Crippen LogP contribution in [0, 0.1) is 0 Å². The topological polar surface area (TPSA) is 84.3 Å². The number of aliphatic hydroxyl groups is 1. The van der Waals surface area contributed by atoms with Gasteiger partial charge < -0.3 is 15.2 Å². The van der Waals surface area contributed by atoms with Gasteiger partial charge in [0.1, 0.15) is 5.82 Å². The van der Waals surface area contributed by atoms with E-state index in [1.165, 1.54) is 13.2 Å². The summed E-state index contributed by atoms with van der Waals surface area (Å²) in [5, 5.41) is 21.0. The Morgan fingerprint density at radius 3 is 2.55 bits per heavy atom. The van der Waals surface area contributed by atoms with Crippen molar-refractivity contribution in [3.05, 3.63) is 53.7 Å². The minimum absolute atomic E-state index is 0.144. The van der Waals surface area contributed by atoms with E-state index < -0.39 is 12.1 Å². The summed E-state index contributed by atoms with van der Waals surface area (Å²) in [5.41, 5.74) is 1.21. The molecule has 0 amide bonds. The third-order valence-corrected chi connectivity index (χ3v) is 3.30. The van der Waals surface area contributed by atoms with Crippen LogP contribution in [0.5, 0.6) is 0 Å². The Balaban J connectivity index is 1.93. The Morgan fingerprint density at radius 2 is 1.95 bits per heavy atom. The molecule has 1 aromatic carbocycles. The van der Waals surface area contributed by atoms with Gasteiger partial charge in [0.15, 0.2) is 5.69 Å². The first-order chi connectivity index (χ1) is 10.6. The molecule has 2 unspecified atom stereocenters. The molecule has 2 rings (SSSR count). The fraction of sp³-hybridized carbons (Fsp3) is 0.312. The molecule has 0 bridgehead atoms. The molecule has 2 atom stereocenters. The zero-order valence-corrected chi connectivity index (χ0v) is 12.6. The molecule has 0 fully saturated rings. The minimum Gasteiger partial charge on any atom is -0.464 e. The number of rotatable bonds is 6. The SMILES string of the molecule is COC(=O)c1ccc(NC(C)C(O)Cc2ccccc2)nn1. The fourth-order valence-corrected chi connectivity index (χ4v) is 1.98. The lowest BCUT2D eigenvalue weighted by molar-refractivity contribution is 0.0592. The first kappa shape index (κ1) is 15.9. The second-order valence-corrected chi connectivity index (χ2v) is 4.99. The number of nitrogens with zero attached hydrogens (tertiary/aromatic N) is 2. The lowest BCUT2D eigenvalue weighted by Gasteiger charge is -2.20. The van der Waals surface area contributed by atoms with E-state index in [4.69, 9.17) is 0 Å². The molecule has 1 aromatic heterocycles. The molecule has 0 saturated heterocycles. The minimum atomic E-state index is -0.565. The second-order valence-electron chi connectivity index (χ2n) is 4.99. The molecule has 116 valence electrons. The molecule has 0 aliphatic carbocycles. The fourth-order valence-electron chi connectivity index (χ4n) is 1.98. The Labute approximate surface area is 129 Å². The van der Waals surface area contributed by atoms with Crippen LogP contribution in [0.25, 0.3) is 0 Å². The molecule has 0 saturated carbocycles. The van der Waals surface area contributed by atoms with Crippen LogP contribution in [0.15, 0.2) is 42.5 Å². The average molecular weight is 301 g/mol. The normalized spacial score (nSPS) is 13.2. The maximum Gasteiger partial charge on any atom is 0.358 e. The van der Waals surface area contributed by atoms with Crippen LogP contribution in [0.2, 0.25) is 0 Å². The lowest BCUT2D eigenvalue weighted by atomic mass is 10.0. The van der Waals surface area contributed by atoms with Crippen molar-refractivity contribution in [1.82, 2.24) is 10.2 Å². The van der Waals surface area contributed by atoms with Gasteiger partial charge in [-0.15, -0.1) is 10.2 Å². The third kappa shape index (κ3) is 4.26. The number of aliphatic hydroxyl groups excluding tert-OH is 1. The van der Waals surface area contributed by atoms with Crippen molar-refractivity contribution in [2.75, 3.05) is 12.4 Å². The maximum atomic E-state index is 11.3. The van der Waals surface area contributed by atoms with E-state index in [1.807, 2.05) is 37.3 Å². The van der Waals surface area contributed by atoms with Crippen LogP contribution >= 0.6 is 0 Å². The van der Waals surface area contributed by atoms with Gasteiger partial charge in [0, 0.05) is 6.42 Å². The summed E-state index contributed by atoms with van der Waals surface area (Å²) in [7, 11) is 1.29. The first-order valence-corrected chi connectivity index (χ1v) is 7.00. The average Bonchev–Trinajstić information content (AvgIpc) is 2.55. The highest BCUT2D eigenvalue weighted by atomic mass is 16.5. The van der Waals surface area contributed by atoms with Crippen LogP contribution in [0.4, 0.5) is 5.82 Å². The Morgan fingerprint density at radius 1 is 1.23 bits per heavy atom. The number of hydrogen-bond acceptors (Lipinski definition) is 6. The number of methoxy groups -OCH3 is 1. The molecule has 0 aliphatic rings. The number of aromatic nitrogens is 2. The third-order valence-electron chi connectivity index (χ3n) is 3.30. The van der Waals surface area contributed by atoms with E-state index in [9.17, 15) is 9.90 Å². The number of benzene rings is 1. The molecular weight excluding hydrogens is 282 g/mol.